The van der Waals surface area contributed by atoms with E-state index in [9.17, 15) is 18.0 Å². The van der Waals surface area contributed by atoms with Crippen molar-refractivity contribution in [1.29, 1.82) is 0 Å². The minimum absolute atomic E-state index is 0.0722. The number of hydrogen-bond donors (Lipinski definition) is 1. The van der Waals surface area contributed by atoms with E-state index in [1.807, 2.05) is 0 Å². The average Bonchev–Trinajstić information content (AvgIpc) is 2.74. The summed E-state index contributed by atoms with van der Waals surface area (Å²) in [5, 5.41) is 2.47. The maximum Gasteiger partial charge on any atom is 0.586 e. The summed E-state index contributed by atoms with van der Waals surface area (Å²) >= 11 is 3.14. The topological polar surface area (TPSA) is 47.6 Å². The first-order valence-corrected chi connectivity index (χ1v) is 6.80. The van der Waals surface area contributed by atoms with Crippen molar-refractivity contribution in [3.05, 3.63) is 52.3 Å². The van der Waals surface area contributed by atoms with Crippen LogP contribution in [0, 0.1) is 5.82 Å². The molecular formula is C14H7BrF3NO3. The molecule has 22 heavy (non-hydrogen) atoms. The van der Waals surface area contributed by atoms with Crippen LogP contribution < -0.4 is 14.8 Å². The molecule has 114 valence electrons. The number of rotatable bonds is 2. The molecule has 0 saturated heterocycles. The predicted octanol–water partition coefficient (Wildman–Crippen LogP) is 4.16. The lowest BCUT2D eigenvalue weighted by molar-refractivity contribution is -0.286. The lowest BCUT2D eigenvalue weighted by atomic mass is 10.2. The predicted molar refractivity (Wildman–Crippen MR) is 74.7 cm³/mol. The van der Waals surface area contributed by atoms with Crippen molar-refractivity contribution in [2.75, 3.05) is 5.32 Å². The maximum atomic E-state index is 13.2. The van der Waals surface area contributed by atoms with Gasteiger partial charge in [-0.3, -0.25) is 4.79 Å². The third kappa shape index (κ3) is 2.87. The summed E-state index contributed by atoms with van der Waals surface area (Å²) in [4.78, 5) is 12.1. The van der Waals surface area contributed by atoms with Gasteiger partial charge in [0.25, 0.3) is 5.91 Å². The SMILES string of the molecule is O=C(Nc1ccc2c(c1)OC(F)(F)O2)c1cc(F)ccc1Br. The molecule has 0 radical (unpaired) electrons. The van der Waals surface area contributed by atoms with Gasteiger partial charge in [0.1, 0.15) is 5.82 Å². The van der Waals surface area contributed by atoms with Crippen LogP contribution in [0.3, 0.4) is 0 Å². The molecule has 2 aromatic carbocycles. The number of ether oxygens (including phenoxy) is 2. The minimum atomic E-state index is -3.73. The van der Waals surface area contributed by atoms with Crippen molar-refractivity contribution in [2.24, 2.45) is 0 Å². The minimum Gasteiger partial charge on any atom is -0.395 e. The summed E-state index contributed by atoms with van der Waals surface area (Å²) < 4.78 is 48.0. The Kier molecular flexibility index (Phi) is 3.48. The van der Waals surface area contributed by atoms with E-state index in [1.165, 1.54) is 30.3 Å². The van der Waals surface area contributed by atoms with Crippen LogP contribution >= 0.6 is 15.9 Å². The van der Waals surface area contributed by atoms with E-state index in [-0.39, 0.29) is 22.7 Å². The van der Waals surface area contributed by atoms with Crippen LogP contribution in [0.2, 0.25) is 0 Å². The molecule has 0 saturated carbocycles. The standard InChI is InChI=1S/C14H7BrF3NO3/c15-10-3-1-7(16)5-9(10)13(20)19-8-2-4-11-12(6-8)22-14(17,18)21-11/h1-6H,(H,19,20). The van der Waals surface area contributed by atoms with Crippen molar-refractivity contribution >= 4 is 27.5 Å². The van der Waals surface area contributed by atoms with Gasteiger partial charge in [0, 0.05) is 16.2 Å². The van der Waals surface area contributed by atoms with Crippen molar-refractivity contribution in [2.45, 2.75) is 6.29 Å². The Morgan fingerprint density at radius 1 is 1.09 bits per heavy atom. The van der Waals surface area contributed by atoms with Gasteiger partial charge in [-0.15, -0.1) is 8.78 Å². The molecule has 1 N–H and O–H groups in total. The Morgan fingerprint density at radius 3 is 2.59 bits per heavy atom. The Bertz CT molecular complexity index is 767. The van der Waals surface area contributed by atoms with E-state index >= 15 is 0 Å². The number of fused-ring (bicyclic) bond motifs is 1. The van der Waals surface area contributed by atoms with E-state index < -0.39 is 18.0 Å². The molecular weight excluding hydrogens is 367 g/mol. The summed E-state index contributed by atoms with van der Waals surface area (Å²) in [6, 6.07) is 7.46. The second-order valence-electron chi connectivity index (χ2n) is 4.41. The number of nitrogens with one attached hydrogen (secondary N) is 1. The molecule has 0 atom stereocenters. The monoisotopic (exact) mass is 373 g/mol. The normalized spacial score (nSPS) is 14.7. The molecule has 1 heterocycles. The summed E-state index contributed by atoms with van der Waals surface area (Å²) in [5.74, 6) is -1.49. The van der Waals surface area contributed by atoms with Gasteiger partial charge in [0.2, 0.25) is 0 Å². The van der Waals surface area contributed by atoms with Crippen LogP contribution in [-0.4, -0.2) is 12.2 Å². The first-order chi connectivity index (χ1) is 10.3. The molecule has 8 heteroatoms. The second-order valence-corrected chi connectivity index (χ2v) is 5.26. The highest BCUT2D eigenvalue weighted by molar-refractivity contribution is 9.10. The van der Waals surface area contributed by atoms with E-state index in [4.69, 9.17) is 0 Å². The Labute approximate surface area is 131 Å². The van der Waals surface area contributed by atoms with Gasteiger partial charge in [-0.05, 0) is 46.3 Å². The summed E-state index contributed by atoms with van der Waals surface area (Å²) in [6.45, 7) is 0. The van der Waals surface area contributed by atoms with Crippen LogP contribution in [-0.2, 0) is 0 Å². The molecule has 0 aliphatic carbocycles. The molecule has 0 spiro atoms. The van der Waals surface area contributed by atoms with Crippen LogP contribution in [0.25, 0.3) is 0 Å². The fraction of sp³-hybridized carbons (Fsp3) is 0.0714. The largest absolute Gasteiger partial charge is 0.586 e. The molecule has 1 aliphatic heterocycles. The third-order valence-corrected chi connectivity index (χ3v) is 3.52. The smallest absolute Gasteiger partial charge is 0.395 e. The highest BCUT2D eigenvalue weighted by Crippen LogP contribution is 2.42. The zero-order chi connectivity index (χ0) is 15.9. The highest BCUT2D eigenvalue weighted by atomic mass is 79.9. The van der Waals surface area contributed by atoms with Gasteiger partial charge in [-0.25, -0.2) is 4.39 Å². The molecule has 0 aromatic heterocycles. The van der Waals surface area contributed by atoms with E-state index in [0.717, 1.165) is 6.07 Å². The Morgan fingerprint density at radius 2 is 1.82 bits per heavy atom. The average molecular weight is 374 g/mol. The lowest BCUT2D eigenvalue weighted by Gasteiger charge is -2.07. The Hall–Kier alpha value is -2.22. The number of benzene rings is 2. The van der Waals surface area contributed by atoms with Crippen LogP contribution in [0.5, 0.6) is 11.5 Å². The van der Waals surface area contributed by atoms with Gasteiger partial charge in [0.15, 0.2) is 11.5 Å². The van der Waals surface area contributed by atoms with E-state index in [1.54, 1.807) is 0 Å². The van der Waals surface area contributed by atoms with Crippen molar-refractivity contribution in [3.8, 4) is 11.5 Å². The number of alkyl halides is 2. The van der Waals surface area contributed by atoms with Crippen molar-refractivity contribution in [1.82, 2.24) is 0 Å². The van der Waals surface area contributed by atoms with Gasteiger partial charge in [-0.2, -0.15) is 0 Å². The van der Waals surface area contributed by atoms with E-state index in [2.05, 4.69) is 30.7 Å². The molecule has 3 rings (SSSR count). The van der Waals surface area contributed by atoms with Gasteiger partial charge in [-0.1, -0.05) is 0 Å². The number of halogens is 4. The van der Waals surface area contributed by atoms with Gasteiger partial charge < -0.3 is 14.8 Å². The fourth-order valence-electron chi connectivity index (χ4n) is 1.90. The molecule has 1 amide bonds. The second kappa shape index (κ2) is 5.20. The number of carbonyl (C=O) groups excluding carboxylic acids is 1. The number of anilines is 1. The summed E-state index contributed by atoms with van der Waals surface area (Å²) in [6.07, 6.45) is -3.73. The fourth-order valence-corrected chi connectivity index (χ4v) is 2.32. The molecule has 2 aromatic rings. The van der Waals surface area contributed by atoms with Crippen LogP contribution in [0.15, 0.2) is 40.9 Å². The number of amides is 1. The summed E-state index contributed by atoms with van der Waals surface area (Å²) in [5.41, 5.74) is 0.282. The molecule has 4 nitrogen and oxygen atoms in total. The zero-order valence-corrected chi connectivity index (χ0v) is 12.3. The highest BCUT2D eigenvalue weighted by Gasteiger charge is 2.43. The van der Waals surface area contributed by atoms with Crippen molar-refractivity contribution < 1.29 is 27.4 Å². The van der Waals surface area contributed by atoms with Crippen LogP contribution in [0.1, 0.15) is 10.4 Å². The Balaban J connectivity index is 1.83. The molecule has 1 aliphatic rings. The van der Waals surface area contributed by atoms with Crippen molar-refractivity contribution in [3.63, 3.8) is 0 Å². The number of carbonyl (C=O) groups is 1. The quantitative estimate of drug-likeness (QED) is 0.859. The molecule has 0 fully saturated rings. The maximum absolute atomic E-state index is 13.2. The van der Waals surface area contributed by atoms with E-state index in [0.29, 0.717) is 4.47 Å². The van der Waals surface area contributed by atoms with Crippen LogP contribution in [0.4, 0.5) is 18.9 Å². The van der Waals surface area contributed by atoms with Gasteiger partial charge >= 0.3 is 6.29 Å². The lowest BCUT2D eigenvalue weighted by Crippen LogP contribution is -2.25. The molecule has 0 unspecified atom stereocenters. The zero-order valence-electron chi connectivity index (χ0n) is 10.7. The first-order valence-electron chi connectivity index (χ1n) is 6.00. The third-order valence-electron chi connectivity index (χ3n) is 2.83. The summed E-state index contributed by atoms with van der Waals surface area (Å²) in [7, 11) is 0. The first kappa shape index (κ1) is 14.7. The molecule has 0 bridgehead atoms. The van der Waals surface area contributed by atoms with Gasteiger partial charge in [0.05, 0.1) is 5.56 Å². The number of hydrogen-bond acceptors (Lipinski definition) is 3.